The van der Waals surface area contributed by atoms with E-state index in [2.05, 4.69) is 39.0 Å². The minimum absolute atomic E-state index is 0.800. The zero-order chi connectivity index (χ0) is 8.97. The Morgan fingerprint density at radius 3 is 2.83 bits per heavy atom. The van der Waals surface area contributed by atoms with Crippen LogP contribution in [0.15, 0.2) is 23.8 Å². The molecule has 1 rings (SSSR count). The van der Waals surface area contributed by atoms with Crippen LogP contribution in [0.3, 0.4) is 0 Å². The van der Waals surface area contributed by atoms with Crippen LogP contribution in [0.4, 0.5) is 0 Å². The molecule has 0 radical (unpaired) electrons. The van der Waals surface area contributed by atoms with Crippen molar-refractivity contribution in [2.75, 3.05) is 0 Å². The van der Waals surface area contributed by atoms with Gasteiger partial charge in [-0.1, -0.05) is 30.7 Å². The molecule has 0 heteroatoms. The third-order valence-corrected chi connectivity index (χ3v) is 2.62. The third-order valence-electron chi connectivity index (χ3n) is 2.62. The first kappa shape index (κ1) is 9.57. The summed E-state index contributed by atoms with van der Waals surface area (Å²) in [6, 6.07) is 0. The zero-order valence-electron chi connectivity index (χ0n) is 8.51. The number of hydrogen-bond acceptors (Lipinski definition) is 0. The van der Waals surface area contributed by atoms with Crippen molar-refractivity contribution in [2.24, 2.45) is 11.8 Å². The summed E-state index contributed by atoms with van der Waals surface area (Å²) in [7, 11) is 0. The van der Waals surface area contributed by atoms with Crippen LogP contribution in [0.2, 0.25) is 0 Å². The summed E-state index contributed by atoms with van der Waals surface area (Å²) in [6.45, 7) is 6.68. The second-order valence-corrected chi connectivity index (χ2v) is 3.99. The van der Waals surface area contributed by atoms with Crippen molar-refractivity contribution in [3.63, 3.8) is 0 Å². The van der Waals surface area contributed by atoms with Gasteiger partial charge in [-0.25, -0.2) is 0 Å². The van der Waals surface area contributed by atoms with Crippen LogP contribution in [-0.2, 0) is 0 Å². The van der Waals surface area contributed by atoms with Gasteiger partial charge in [0, 0.05) is 0 Å². The molecule has 12 heavy (non-hydrogen) atoms. The molecule has 0 saturated carbocycles. The second-order valence-electron chi connectivity index (χ2n) is 3.99. The van der Waals surface area contributed by atoms with Gasteiger partial charge in [0.15, 0.2) is 0 Å². The van der Waals surface area contributed by atoms with Crippen LogP contribution in [0.25, 0.3) is 0 Å². The lowest BCUT2D eigenvalue weighted by molar-refractivity contribution is 0.417. The van der Waals surface area contributed by atoms with Gasteiger partial charge in [-0.2, -0.15) is 0 Å². The Morgan fingerprint density at radius 2 is 2.25 bits per heavy atom. The highest BCUT2D eigenvalue weighted by Crippen LogP contribution is 2.28. The van der Waals surface area contributed by atoms with E-state index in [1.165, 1.54) is 24.8 Å². The molecule has 0 aliphatic heterocycles. The average molecular weight is 164 g/mol. The molecule has 0 heterocycles. The zero-order valence-corrected chi connectivity index (χ0v) is 8.51. The van der Waals surface area contributed by atoms with Crippen LogP contribution >= 0.6 is 0 Å². The van der Waals surface area contributed by atoms with Crippen LogP contribution in [0.1, 0.15) is 40.0 Å². The summed E-state index contributed by atoms with van der Waals surface area (Å²) in [4.78, 5) is 0. The van der Waals surface area contributed by atoms with E-state index in [4.69, 9.17) is 0 Å². The Hall–Kier alpha value is -0.520. The van der Waals surface area contributed by atoms with Gasteiger partial charge >= 0.3 is 0 Å². The van der Waals surface area contributed by atoms with E-state index >= 15 is 0 Å². The predicted octanol–water partition coefficient (Wildman–Crippen LogP) is 3.95. The van der Waals surface area contributed by atoms with Crippen LogP contribution < -0.4 is 0 Å². The molecule has 1 aliphatic carbocycles. The van der Waals surface area contributed by atoms with E-state index in [1.54, 1.807) is 0 Å². The Morgan fingerprint density at radius 1 is 1.50 bits per heavy atom. The molecule has 0 N–H and O–H groups in total. The Labute approximate surface area is 76.4 Å². The van der Waals surface area contributed by atoms with E-state index in [-0.39, 0.29) is 0 Å². The fourth-order valence-electron chi connectivity index (χ4n) is 1.99. The predicted molar refractivity (Wildman–Crippen MR) is 55.1 cm³/mol. The lowest BCUT2D eigenvalue weighted by atomic mass is 9.81. The monoisotopic (exact) mass is 164 g/mol. The van der Waals surface area contributed by atoms with Gasteiger partial charge in [0.25, 0.3) is 0 Å². The Kier molecular flexibility index (Phi) is 3.58. The minimum atomic E-state index is 0.800. The van der Waals surface area contributed by atoms with E-state index in [0.717, 1.165) is 11.8 Å². The SMILES string of the molecule is CCC1C=CCCC1C=C(C)C. The van der Waals surface area contributed by atoms with Crippen molar-refractivity contribution >= 4 is 0 Å². The first-order valence-electron chi connectivity index (χ1n) is 5.05. The molecule has 1 aliphatic rings. The molecule has 2 atom stereocenters. The molecule has 0 aromatic rings. The highest BCUT2D eigenvalue weighted by molar-refractivity contribution is 5.06. The molecule has 68 valence electrons. The van der Waals surface area contributed by atoms with Gasteiger partial charge in [0.05, 0.1) is 0 Å². The molecule has 0 amide bonds. The van der Waals surface area contributed by atoms with Crippen LogP contribution in [-0.4, -0.2) is 0 Å². The highest BCUT2D eigenvalue weighted by Gasteiger charge is 2.17. The molecule has 0 bridgehead atoms. The van der Waals surface area contributed by atoms with E-state index < -0.39 is 0 Å². The largest absolute Gasteiger partial charge is 0.0882 e. The maximum absolute atomic E-state index is 2.44. The van der Waals surface area contributed by atoms with Crippen molar-refractivity contribution in [1.82, 2.24) is 0 Å². The van der Waals surface area contributed by atoms with Crippen molar-refractivity contribution in [1.29, 1.82) is 0 Å². The first-order valence-corrected chi connectivity index (χ1v) is 5.05. The summed E-state index contributed by atoms with van der Waals surface area (Å²) in [5.41, 5.74) is 1.47. The molecule has 2 unspecified atom stereocenters. The smallest absolute Gasteiger partial charge is 0.0165 e. The van der Waals surface area contributed by atoms with Crippen molar-refractivity contribution in [2.45, 2.75) is 40.0 Å². The van der Waals surface area contributed by atoms with Crippen molar-refractivity contribution in [3.8, 4) is 0 Å². The molecule has 0 aromatic heterocycles. The van der Waals surface area contributed by atoms with Gasteiger partial charge in [-0.05, 0) is 44.9 Å². The molecular weight excluding hydrogens is 144 g/mol. The number of rotatable bonds is 2. The van der Waals surface area contributed by atoms with E-state index in [9.17, 15) is 0 Å². The fourth-order valence-corrected chi connectivity index (χ4v) is 1.99. The fraction of sp³-hybridized carbons (Fsp3) is 0.667. The summed E-state index contributed by atoms with van der Waals surface area (Å²) >= 11 is 0. The lowest BCUT2D eigenvalue weighted by Crippen LogP contribution is -2.12. The van der Waals surface area contributed by atoms with E-state index in [0.29, 0.717) is 0 Å². The molecule has 0 spiro atoms. The van der Waals surface area contributed by atoms with Crippen molar-refractivity contribution in [3.05, 3.63) is 23.8 Å². The Bertz CT molecular complexity index is 182. The van der Waals surface area contributed by atoms with Gasteiger partial charge in [-0.3, -0.25) is 0 Å². The van der Waals surface area contributed by atoms with Gasteiger partial charge in [0.1, 0.15) is 0 Å². The maximum atomic E-state index is 2.44. The maximum Gasteiger partial charge on any atom is -0.0165 e. The quantitative estimate of drug-likeness (QED) is 0.542. The number of allylic oxidation sites excluding steroid dienone is 4. The normalized spacial score (nSPS) is 28.6. The lowest BCUT2D eigenvalue weighted by Gasteiger charge is -2.24. The summed E-state index contributed by atoms with van der Waals surface area (Å²) in [5, 5.41) is 0. The minimum Gasteiger partial charge on any atom is -0.0882 e. The summed E-state index contributed by atoms with van der Waals surface area (Å²) in [6.07, 6.45) is 11.1. The topological polar surface area (TPSA) is 0 Å². The number of hydrogen-bond donors (Lipinski definition) is 0. The average Bonchev–Trinajstić information content (AvgIpc) is 2.04. The van der Waals surface area contributed by atoms with Crippen LogP contribution in [0.5, 0.6) is 0 Å². The molecule has 0 fully saturated rings. The third kappa shape index (κ3) is 2.51. The Balaban J connectivity index is 2.62. The van der Waals surface area contributed by atoms with Crippen molar-refractivity contribution < 1.29 is 0 Å². The first-order chi connectivity index (χ1) is 5.74. The molecule has 0 aromatic carbocycles. The van der Waals surface area contributed by atoms with Gasteiger partial charge < -0.3 is 0 Å². The summed E-state index contributed by atoms with van der Waals surface area (Å²) < 4.78 is 0. The van der Waals surface area contributed by atoms with E-state index in [1.807, 2.05) is 0 Å². The standard InChI is InChI=1S/C12H20/c1-4-11-7-5-6-8-12(11)9-10(2)3/h5,7,9,11-12H,4,6,8H2,1-3H3. The highest BCUT2D eigenvalue weighted by atomic mass is 14.2. The van der Waals surface area contributed by atoms with Crippen LogP contribution in [0, 0.1) is 11.8 Å². The van der Waals surface area contributed by atoms with Gasteiger partial charge in [0.2, 0.25) is 0 Å². The second kappa shape index (κ2) is 4.49. The summed E-state index contributed by atoms with van der Waals surface area (Å²) in [5.74, 6) is 1.61. The molecule has 0 saturated heterocycles. The van der Waals surface area contributed by atoms with Gasteiger partial charge in [-0.15, -0.1) is 0 Å². The molecular formula is C12H20. The molecule has 0 nitrogen and oxygen atoms in total.